The number of carbonyl (C=O) groups excluding carboxylic acids is 2. The van der Waals surface area contributed by atoms with Gasteiger partial charge in [0.2, 0.25) is 0 Å². The van der Waals surface area contributed by atoms with E-state index < -0.39 is 17.9 Å². The van der Waals surface area contributed by atoms with Crippen LogP contribution < -0.4 is 10.6 Å². The van der Waals surface area contributed by atoms with Gasteiger partial charge < -0.3 is 15.2 Å². The maximum atomic E-state index is 11.4. The fourth-order valence-electron chi connectivity index (χ4n) is 1.61. The van der Waals surface area contributed by atoms with Crippen LogP contribution in [0, 0.1) is 5.92 Å². The predicted octanol–water partition coefficient (Wildman–Crippen LogP) is -0.122. The van der Waals surface area contributed by atoms with Crippen LogP contribution in [-0.2, 0) is 14.3 Å². The van der Waals surface area contributed by atoms with Crippen molar-refractivity contribution < 1.29 is 24.2 Å². The van der Waals surface area contributed by atoms with Crippen LogP contribution in [0.2, 0.25) is 0 Å². The molecule has 18 heavy (non-hydrogen) atoms. The van der Waals surface area contributed by atoms with Gasteiger partial charge in [-0.3, -0.25) is 10.1 Å². The lowest BCUT2D eigenvalue weighted by Gasteiger charge is -2.18. The third-order valence-electron chi connectivity index (χ3n) is 2.64. The number of imide groups is 1. The van der Waals surface area contributed by atoms with Crippen molar-refractivity contribution in [1.29, 1.82) is 0 Å². The Hall–Kier alpha value is -1.89. The molecule has 1 saturated heterocycles. The van der Waals surface area contributed by atoms with Crippen molar-refractivity contribution >= 4 is 17.9 Å². The number of aliphatic carboxylic acids is 1. The van der Waals surface area contributed by atoms with Gasteiger partial charge in [-0.2, -0.15) is 0 Å². The van der Waals surface area contributed by atoms with E-state index >= 15 is 0 Å². The summed E-state index contributed by atoms with van der Waals surface area (Å²) in [4.78, 5) is 32.7. The Balaban J connectivity index is 2.32. The molecule has 0 aliphatic carbocycles. The minimum Gasteiger partial charge on any atom is -0.478 e. The monoisotopic (exact) mass is 256 g/mol. The maximum absolute atomic E-state index is 11.4. The normalized spacial score (nSPS) is 20.6. The number of nitrogens with one attached hydrogen (secondary N) is 2. The second-order valence-corrected chi connectivity index (χ2v) is 4.05. The molecule has 2 atom stereocenters. The summed E-state index contributed by atoms with van der Waals surface area (Å²) in [5, 5.41) is 12.9. The first-order valence-electron chi connectivity index (χ1n) is 5.59. The Labute approximate surface area is 104 Å². The predicted molar refractivity (Wildman–Crippen MR) is 61.8 cm³/mol. The minimum atomic E-state index is -1.25. The van der Waals surface area contributed by atoms with Crippen LogP contribution >= 0.6 is 0 Å². The van der Waals surface area contributed by atoms with Crippen molar-refractivity contribution in [3.63, 3.8) is 0 Å². The number of rotatable bonds is 4. The SMILES string of the molecule is CC(NC(=O)NC(=O)/C=C/C(=O)O)C1CCOC1. The Morgan fingerprint density at radius 3 is 2.67 bits per heavy atom. The first-order chi connectivity index (χ1) is 8.49. The number of carbonyl (C=O) groups is 3. The van der Waals surface area contributed by atoms with Gasteiger partial charge in [-0.05, 0) is 13.3 Å². The van der Waals surface area contributed by atoms with Gasteiger partial charge in [0.05, 0.1) is 6.61 Å². The lowest BCUT2D eigenvalue weighted by Crippen LogP contribution is -2.45. The van der Waals surface area contributed by atoms with Crippen LogP contribution in [0.15, 0.2) is 12.2 Å². The summed E-state index contributed by atoms with van der Waals surface area (Å²) < 4.78 is 5.19. The van der Waals surface area contributed by atoms with E-state index in [2.05, 4.69) is 5.32 Å². The van der Waals surface area contributed by atoms with E-state index in [0.717, 1.165) is 12.5 Å². The summed E-state index contributed by atoms with van der Waals surface area (Å²) in [6, 6.07) is -0.752. The minimum absolute atomic E-state index is 0.108. The van der Waals surface area contributed by atoms with Gasteiger partial charge in [0.25, 0.3) is 5.91 Å². The highest BCUT2D eigenvalue weighted by molar-refractivity contribution is 6.02. The summed E-state index contributed by atoms with van der Waals surface area (Å²) in [6.45, 7) is 3.10. The maximum Gasteiger partial charge on any atom is 0.328 e. The quantitative estimate of drug-likeness (QED) is 0.608. The van der Waals surface area contributed by atoms with Crippen LogP contribution in [-0.4, -0.2) is 42.3 Å². The number of ether oxygens (including phenoxy) is 1. The zero-order chi connectivity index (χ0) is 13.5. The molecule has 0 aromatic carbocycles. The largest absolute Gasteiger partial charge is 0.478 e. The van der Waals surface area contributed by atoms with Gasteiger partial charge in [-0.15, -0.1) is 0 Å². The molecule has 1 aliphatic rings. The van der Waals surface area contributed by atoms with Gasteiger partial charge in [0.1, 0.15) is 0 Å². The van der Waals surface area contributed by atoms with E-state index in [1.807, 2.05) is 12.2 Å². The van der Waals surface area contributed by atoms with Crippen molar-refractivity contribution in [3.05, 3.63) is 12.2 Å². The van der Waals surface area contributed by atoms with E-state index in [-0.39, 0.29) is 12.0 Å². The van der Waals surface area contributed by atoms with Gasteiger partial charge in [-0.25, -0.2) is 9.59 Å². The third kappa shape index (κ3) is 4.96. The first-order valence-corrected chi connectivity index (χ1v) is 5.59. The zero-order valence-corrected chi connectivity index (χ0v) is 10.0. The number of carboxylic acids is 1. The lowest BCUT2D eigenvalue weighted by molar-refractivity contribution is -0.131. The van der Waals surface area contributed by atoms with Crippen molar-refractivity contribution in [2.45, 2.75) is 19.4 Å². The fraction of sp³-hybridized carbons (Fsp3) is 0.545. The van der Waals surface area contributed by atoms with E-state index in [1.165, 1.54) is 0 Å². The van der Waals surface area contributed by atoms with E-state index in [9.17, 15) is 14.4 Å². The smallest absolute Gasteiger partial charge is 0.328 e. The molecule has 2 unspecified atom stereocenters. The van der Waals surface area contributed by atoms with Crippen LogP contribution in [0.5, 0.6) is 0 Å². The molecule has 3 amide bonds. The molecule has 1 rings (SSSR count). The number of amides is 3. The standard InChI is InChI=1S/C11H16N2O5/c1-7(8-4-5-18-6-8)12-11(17)13-9(14)2-3-10(15)16/h2-3,7-8H,4-6H2,1H3,(H,15,16)(H2,12,13,14,17)/b3-2+. The summed E-state index contributed by atoms with van der Waals surface area (Å²) in [6.07, 6.45) is 2.32. The summed E-state index contributed by atoms with van der Waals surface area (Å²) in [7, 11) is 0. The third-order valence-corrected chi connectivity index (χ3v) is 2.64. The molecule has 0 saturated carbocycles. The molecule has 7 heteroatoms. The molecular formula is C11H16N2O5. The number of hydrogen-bond donors (Lipinski definition) is 3. The molecule has 0 bridgehead atoms. The van der Waals surface area contributed by atoms with Gasteiger partial charge in [-0.1, -0.05) is 0 Å². The molecular weight excluding hydrogens is 240 g/mol. The van der Waals surface area contributed by atoms with Crippen molar-refractivity contribution in [2.75, 3.05) is 13.2 Å². The molecule has 0 radical (unpaired) electrons. The first kappa shape index (κ1) is 14.2. The summed E-state index contributed by atoms with van der Waals surface area (Å²) in [5.74, 6) is -1.78. The van der Waals surface area contributed by atoms with E-state index in [4.69, 9.17) is 9.84 Å². The highest BCUT2D eigenvalue weighted by Crippen LogP contribution is 2.15. The number of hydrogen-bond acceptors (Lipinski definition) is 4. The second-order valence-electron chi connectivity index (χ2n) is 4.05. The molecule has 7 nitrogen and oxygen atoms in total. The number of urea groups is 1. The molecule has 0 aromatic rings. The van der Waals surface area contributed by atoms with Crippen molar-refractivity contribution in [3.8, 4) is 0 Å². The fourth-order valence-corrected chi connectivity index (χ4v) is 1.61. The average molecular weight is 256 g/mol. The Kier molecular flexibility index (Phi) is 5.31. The highest BCUT2D eigenvalue weighted by Gasteiger charge is 2.23. The van der Waals surface area contributed by atoms with Crippen LogP contribution in [0.4, 0.5) is 4.79 Å². The second kappa shape index (κ2) is 6.75. The highest BCUT2D eigenvalue weighted by atomic mass is 16.5. The van der Waals surface area contributed by atoms with Crippen molar-refractivity contribution in [1.82, 2.24) is 10.6 Å². The van der Waals surface area contributed by atoms with Crippen LogP contribution in [0.3, 0.4) is 0 Å². The topological polar surface area (TPSA) is 105 Å². The summed E-state index contributed by atoms with van der Waals surface area (Å²) in [5.41, 5.74) is 0. The lowest BCUT2D eigenvalue weighted by atomic mass is 10.0. The van der Waals surface area contributed by atoms with Gasteiger partial charge >= 0.3 is 12.0 Å². The molecule has 100 valence electrons. The van der Waals surface area contributed by atoms with Gasteiger partial charge in [0, 0.05) is 30.7 Å². The Bertz CT molecular complexity index is 360. The summed E-state index contributed by atoms with van der Waals surface area (Å²) >= 11 is 0. The van der Waals surface area contributed by atoms with Crippen LogP contribution in [0.1, 0.15) is 13.3 Å². The van der Waals surface area contributed by atoms with E-state index in [1.54, 1.807) is 0 Å². The van der Waals surface area contributed by atoms with Gasteiger partial charge in [0.15, 0.2) is 0 Å². The Morgan fingerprint density at radius 2 is 2.11 bits per heavy atom. The molecule has 1 heterocycles. The molecule has 1 fully saturated rings. The molecule has 1 aliphatic heterocycles. The van der Waals surface area contributed by atoms with Crippen LogP contribution in [0.25, 0.3) is 0 Å². The van der Waals surface area contributed by atoms with Crippen molar-refractivity contribution in [2.24, 2.45) is 5.92 Å². The van der Waals surface area contributed by atoms with E-state index in [0.29, 0.717) is 19.3 Å². The Morgan fingerprint density at radius 1 is 1.39 bits per heavy atom. The molecule has 0 spiro atoms. The zero-order valence-electron chi connectivity index (χ0n) is 10.0. The average Bonchev–Trinajstić information content (AvgIpc) is 2.79. The molecule has 0 aromatic heterocycles. The number of carboxylic acid groups (broad SMARTS) is 1. The molecule has 3 N–H and O–H groups in total.